The van der Waals surface area contributed by atoms with Gasteiger partial charge in [-0.15, -0.1) is 162 Å². The molecule has 0 saturated heterocycles. The van der Waals surface area contributed by atoms with E-state index in [1.807, 2.05) is 0 Å². The molecule has 0 N–H and O–H groups in total. The standard InChI is InChI=1S/2C17H24P.2C10H9.2ClH.2Zr/c2*1-3-5-11-18(12-6-4-2)17-13-15-9-7-8-10-16(15)14-17;2*1-8-6-9-4-2-3-5-10(9)7-8;;;;/h2*7-10,13-14H,3-6,11-12H2,1-2H3;2*2-7H,1H3;2*1H;;/q4*-1;;;2*+2/p-2. The van der Waals surface area contributed by atoms with Gasteiger partial charge in [-0.1, -0.05) is 107 Å². The van der Waals surface area contributed by atoms with Gasteiger partial charge in [-0.05, 0) is 50.3 Å². The summed E-state index contributed by atoms with van der Waals surface area (Å²) < 4.78 is 0. The van der Waals surface area contributed by atoms with Gasteiger partial charge in [0, 0.05) is 0 Å². The van der Waals surface area contributed by atoms with Crippen molar-refractivity contribution >= 4 is 69.5 Å². The number of fused-ring (bicyclic) bond motifs is 4. The van der Waals surface area contributed by atoms with Gasteiger partial charge >= 0.3 is 52.4 Å². The van der Waals surface area contributed by atoms with E-state index in [0.717, 1.165) is 0 Å². The fourth-order valence-corrected chi connectivity index (χ4v) is 12.9. The first kappa shape index (κ1) is 56.5. The molecule has 0 aromatic heterocycles. The van der Waals surface area contributed by atoms with Gasteiger partial charge < -0.3 is 24.8 Å². The molecule has 316 valence electrons. The maximum absolute atomic E-state index is 2.44. The van der Waals surface area contributed by atoms with Crippen LogP contribution in [-0.4, -0.2) is 24.6 Å². The molecule has 0 aliphatic heterocycles. The average molecular weight is 1030 g/mol. The van der Waals surface area contributed by atoms with E-state index >= 15 is 0 Å². The van der Waals surface area contributed by atoms with Gasteiger partial charge in [-0.2, -0.15) is 24.3 Å². The van der Waals surface area contributed by atoms with Gasteiger partial charge in [0.15, 0.2) is 0 Å². The van der Waals surface area contributed by atoms with Gasteiger partial charge in [-0.3, -0.25) is 0 Å². The summed E-state index contributed by atoms with van der Waals surface area (Å²) in [6.45, 7) is 13.5. The predicted octanol–water partition coefficient (Wildman–Crippen LogP) is 10.3. The third kappa shape index (κ3) is 18.0. The molecule has 6 heteroatoms. The minimum absolute atomic E-state index is 0. The molecule has 0 aliphatic rings. The van der Waals surface area contributed by atoms with Crippen LogP contribution in [-0.2, 0) is 52.4 Å². The molecular weight excluding hydrogens is 964 g/mol. The fraction of sp³-hybridized carbons (Fsp3) is 0.333. The van der Waals surface area contributed by atoms with Crippen LogP contribution in [0.4, 0.5) is 0 Å². The maximum atomic E-state index is 2.44. The maximum Gasteiger partial charge on any atom is 2.00 e. The average Bonchev–Trinajstić information content (AvgIpc) is 4.02. The zero-order valence-corrected chi connectivity index (χ0v) is 45.2. The van der Waals surface area contributed by atoms with Gasteiger partial charge in [-0.25, -0.2) is 0 Å². The van der Waals surface area contributed by atoms with Crippen LogP contribution in [0.15, 0.2) is 146 Å². The van der Waals surface area contributed by atoms with Crippen molar-refractivity contribution in [2.75, 3.05) is 24.6 Å². The molecule has 0 saturated carbocycles. The molecule has 0 amide bonds. The summed E-state index contributed by atoms with van der Waals surface area (Å²) in [5.41, 5.74) is 2.70. The zero-order chi connectivity index (χ0) is 39.5. The van der Waals surface area contributed by atoms with Crippen LogP contribution in [0.3, 0.4) is 0 Å². The van der Waals surface area contributed by atoms with Crippen molar-refractivity contribution in [1.82, 2.24) is 0 Å². The van der Waals surface area contributed by atoms with Crippen LogP contribution < -0.4 is 35.4 Å². The van der Waals surface area contributed by atoms with Crippen LogP contribution in [0, 0.1) is 13.8 Å². The third-order valence-electron chi connectivity index (χ3n) is 10.6. The Hall–Kier alpha value is -1.47. The Morgan fingerprint density at radius 3 is 0.867 bits per heavy atom. The van der Waals surface area contributed by atoms with Crippen molar-refractivity contribution in [2.45, 2.75) is 92.9 Å². The summed E-state index contributed by atoms with van der Waals surface area (Å²) in [5, 5.41) is 14.4. The Bertz CT molecular complexity index is 1980. The molecule has 0 atom stereocenters. The second kappa shape index (κ2) is 31.4. The quantitative estimate of drug-likeness (QED) is 0.0752. The molecule has 0 nitrogen and oxygen atoms in total. The molecule has 0 spiro atoms. The number of hydrogen-bond donors (Lipinski definition) is 0. The van der Waals surface area contributed by atoms with Crippen LogP contribution >= 0.6 is 15.8 Å². The molecule has 8 rings (SSSR count). The first-order valence-electron chi connectivity index (χ1n) is 21.5. The third-order valence-corrected chi connectivity index (χ3v) is 16.0. The molecular formula is C54H66Cl2P2Zr2-2. The minimum Gasteiger partial charge on any atom is -1.00 e. The first-order valence-corrected chi connectivity index (χ1v) is 24.9. The van der Waals surface area contributed by atoms with E-state index in [1.54, 1.807) is 10.6 Å². The molecule has 60 heavy (non-hydrogen) atoms. The fourth-order valence-electron chi connectivity index (χ4n) is 7.38. The number of aryl methyl sites for hydroxylation is 2. The number of hydrogen-bond acceptors (Lipinski definition) is 0. The number of rotatable bonds is 14. The molecule has 8 aromatic rings. The van der Waals surface area contributed by atoms with E-state index in [9.17, 15) is 0 Å². The molecule has 0 bridgehead atoms. The summed E-state index contributed by atoms with van der Waals surface area (Å²) in [4.78, 5) is 0. The van der Waals surface area contributed by atoms with Crippen molar-refractivity contribution in [3.05, 3.63) is 157 Å². The molecule has 0 aliphatic carbocycles. The van der Waals surface area contributed by atoms with Crippen molar-refractivity contribution in [3.63, 3.8) is 0 Å². The zero-order valence-electron chi connectivity index (χ0n) is 37.0. The summed E-state index contributed by atoms with van der Waals surface area (Å²) >= 11 is 0. The van der Waals surface area contributed by atoms with Crippen molar-refractivity contribution < 1.29 is 77.2 Å². The van der Waals surface area contributed by atoms with E-state index in [0.29, 0.717) is 0 Å². The summed E-state index contributed by atoms with van der Waals surface area (Å²) in [5.74, 6) is 0. The van der Waals surface area contributed by atoms with Gasteiger partial charge in [0.1, 0.15) is 0 Å². The summed E-state index contributed by atoms with van der Waals surface area (Å²) in [7, 11) is 0.171. The van der Waals surface area contributed by atoms with Crippen LogP contribution in [0.2, 0.25) is 0 Å². The van der Waals surface area contributed by atoms with E-state index in [4.69, 9.17) is 0 Å². The SMILES string of the molecule is CCCCP(CCCC)c1cc2ccccc2[cH-]1.CCCCP(CCCC)c1cc2ccccc2[cH-]1.Cc1cc2ccccc2[cH-]1.Cc1cc2ccccc2[cH-]1.[Cl-].[Cl-].[Zr+2].[Zr+2]. The second-order valence-electron chi connectivity index (χ2n) is 15.4. The van der Waals surface area contributed by atoms with E-state index in [-0.39, 0.29) is 93.1 Å². The molecule has 0 heterocycles. The molecule has 8 aromatic carbocycles. The Balaban J connectivity index is 0.000000403. The van der Waals surface area contributed by atoms with Gasteiger partial charge in [0.2, 0.25) is 0 Å². The summed E-state index contributed by atoms with van der Waals surface area (Å²) in [6.07, 6.45) is 16.5. The Kier molecular flexibility index (Phi) is 29.6. The molecule has 0 unspecified atom stereocenters. The van der Waals surface area contributed by atoms with Crippen molar-refractivity contribution in [2.24, 2.45) is 0 Å². The molecule has 0 fully saturated rings. The van der Waals surface area contributed by atoms with Gasteiger partial charge in [0.25, 0.3) is 0 Å². The monoisotopic (exact) mass is 1030 g/mol. The Labute approximate surface area is 417 Å². The Morgan fingerprint density at radius 1 is 0.367 bits per heavy atom. The van der Waals surface area contributed by atoms with Crippen LogP contribution in [0.5, 0.6) is 0 Å². The summed E-state index contributed by atoms with van der Waals surface area (Å²) in [6, 6.07) is 53.0. The number of unbranched alkanes of at least 4 members (excludes halogenated alkanes) is 4. The minimum atomic E-state index is 0. The van der Waals surface area contributed by atoms with Crippen molar-refractivity contribution in [3.8, 4) is 0 Å². The Morgan fingerprint density at radius 2 is 0.617 bits per heavy atom. The topological polar surface area (TPSA) is 0 Å². The van der Waals surface area contributed by atoms with E-state index < -0.39 is 0 Å². The van der Waals surface area contributed by atoms with E-state index in [2.05, 4.69) is 187 Å². The first-order chi connectivity index (χ1) is 27.4. The predicted molar refractivity (Wildman–Crippen MR) is 260 cm³/mol. The number of benzene rings is 4. The largest absolute Gasteiger partial charge is 2.00 e. The molecule has 0 radical (unpaired) electrons. The second-order valence-corrected chi connectivity index (χ2v) is 20.4. The smallest absolute Gasteiger partial charge is 1.00 e. The van der Waals surface area contributed by atoms with E-state index in [1.165, 1.54) is 130 Å². The van der Waals surface area contributed by atoms with Gasteiger partial charge in [0.05, 0.1) is 0 Å². The van der Waals surface area contributed by atoms with Crippen LogP contribution in [0.25, 0.3) is 43.1 Å². The normalized spacial score (nSPS) is 10.4. The number of halogens is 2. The van der Waals surface area contributed by atoms with Crippen molar-refractivity contribution in [1.29, 1.82) is 0 Å². The van der Waals surface area contributed by atoms with Crippen LogP contribution in [0.1, 0.15) is 90.2 Å².